The van der Waals surface area contributed by atoms with Crippen LogP contribution in [0.4, 0.5) is 0 Å². The summed E-state index contributed by atoms with van der Waals surface area (Å²) in [4.78, 5) is 25.5. The van der Waals surface area contributed by atoms with Gasteiger partial charge in [-0.3, -0.25) is 14.5 Å². The number of ether oxygens (including phenoxy) is 1. The molecule has 1 saturated heterocycles. The number of carboxylic acids is 1. The molecule has 1 heterocycles. The van der Waals surface area contributed by atoms with Crippen LogP contribution in [0.5, 0.6) is 5.75 Å². The molecule has 0 saturated carbocycles. The van der Waals surface area contributed by atoms with E-state index in [-0.39, 0.29) is 18.2 Å². The predicted octanol–water partition coefficient (Wildman–Crippen LogP) is 2.83. The summed E-state index contributed by atoms with van der Waals surface area (Å²) in [6.07, 6.45) is 1.67. The summed E-state index contributed by atoms with van der Waals surface area (Å²) in [7, 11) is 1.63. The van der Waals surface area contributed by atoms with Gasteiger partial charge in [0, 0.05) is 18.0 Å². The minimum atomic E-state index is -0.845. The van der Waals surface area contributed by atoms with E-state index in [1.54, 1.807) is 7.11 Å². The molecule has 5 nitrogen and oxygen atoms in total. The number of benzene rings is 2. The van der Waals surface area contributed by atoms with Crippen molar-refractivity contribution in [3.63, 3.8) is 0 Å². The number of carboxylic acid groups (broad SMARTS) is 1. The lowest BCUT2D eigenvalue weighted by Crippen LogP contribution is -2.41. The van der Waals surface area contributed by atoms with Gasteiger partial charge in [0.15, 0.2) is 5.78 Å². The van der Waals surface area contributed by atoms with Crippen LogP contribution in [0, 0.1) is 5.92 Å². The molecular formula is C19H21NO4. The number of carbonyl (C=O) groups is 2. The van der Waals surface area contributed by atoms with Crippen LogP contribution in [0.15, 0.2) is 36.4 Å². The Hall–Kier alpha value is -2.40. The van der Waals surface area contributed by atoms with Gasteiger partial charge in [-0.1, -0.05) is 18.2 Å². The Bertz CT molecular complexity index is 771. The Morgan fingerprint density at radius 2 is 1.96 bits per heavy atom. The minimum Gasteiger partial charge on any atom is -0.497 e. The van der Waals surface area contributed by atoms with Gasteiger partial charge in [-0.15, -0.1) is 0 Å². The number of hydrogen-bond acceptors (Lipinski definition) is 4. The summed E-state index contributed by atoms with van der Waals surface area (Å²) in [6, 6.07) is 11.5. The fourth-order valence-electron chi connectivity index (χ4n) is 3.34. The number of hydrogen-bond donors (Lipinski definition) is 1. The molecule has 0 bridgehead atoms. The zero-order valence-electron chi connectivity index (χ0n) is 13.7. The fourth-order valence-corrected chi connectivity index (χ4v) is 3.34. The number of likely N-dealkylation sites (tertiary alicyclic amines) is 1. The summed E-state index contributed by atoms with van der Waals surface area (Å²) in [5, 5.41) is 11.0. The summed E-state index contributed by atoms with van der Waals surface area (Å²) in [5.74, 6) is -0.0856. The average Bonchev–Trinajstić information content (AvgIpc) is 2.59. The molecule has 1 fully saturated rings. The van der Waals surface area contributed by atoms with E-state index >= 15 is 0 Å². The van der Waals surface area contributed by atoms with Gasteiger partial charge in [0.25, 0.3) is 0 Å². The van der Waals surface area contributed by atoms with Gasteiger partial charge >= 0.3 is 5.97 Å². The van der Waals surface area contributed by atoms with Crippen molar-refractivity contribution in [3.05, 3.63) is 42.0 Å². The maximum Gasteiger partial charge on any atom is 0.317 e. The molecule has 2 aromatic rings. The highest BCUT2D eigenvalue weighted by Gasteiger charge is 2.27. The molecule has 0 radical (unpaired) electrons. The smallest absolute Gasteiger partial charge is 0.317 e. The first-order valence-corrected chi connectivity index (χ1v) is 8.13. The van der Waals surface area contributed by atoms with Crippen molar-refractivity contribution >= 4 is 22.5 Å². The molecule has 1 N–H and O–H groups in total. The summed E-state index contributed by atoms with van der Waals surface area (Å²) in [5.41, 5.74) is 0.690. The van der Waals surface area contributed by atoms with Crippen molar-refractivity contribution in [2.75, 3.05) is 26.7 Å². The molecule has 1 aliphatic rings. The van der Waals surface area contributed by atoms with Crippen LogP contribution in [0.2, 0.25) is 0 Å². The average molecular weight is 327 g/mol. The van der Waals surface area contributed by atoms with E-state index in [1.165, 1.54) is 0 Å². The molecule has 0 spiro atoms. The molecule has 24 heavy (non-hydrogen) atoms. The minimum absolute atomic E-state index is 0.00128. The zero-order chi connectivity index (χ0) is 17.1. The molecule has 2 aromatic carbocycles. The van der Waals surface area contributed by atoms with Gasteiger partial charge < -0.3 is 9.84 Å². The second-order valence-electron chi connectivity index (χ2n) is 6.26. The number of carbonyl (C=O) groups excluding carboxylic acids is 1. The number of rotatable bonds is 5. The maximum absolute atomic E-state index is 12.8. The van der Waals surface area contributed by atoms with Crippen molar-refractivity contribution in [2.24, 2.45) is 5.92 Å². The lowest BCUT2D eigenvalue weighted by Gasteiger charge is -2.30. The molecule has 0 aromatic heterocycles. The van der Waals surface area contributed by atoms with Gasteiger partial charge in [-0.05, 0) is 48.4 Å². The van der Waals surface area contributed by atoms with E-state index in [2.05, 4.69) is 0 Å². The van der Waals surface area contributed by atoms with Gasteiger partial charge in [-0.25, -0.2) is 0 Å². The Balaban J connectivity index is 1.79. The van der Waals surface area contributed by atoms with E-state index in [0.29, 0.717) is 12.1 Å². The highest BCUT2D eigenvalue weighted by molar-refractivity contribution is 6.01. The molecule has 5 heteroatoms. The fraction of sp³-hybridized carbons (Fsp3) is 0.368. The molecule has 0 unspecified atom stereocenters. The van der Waals surface area contributed by atoms with Crippen molar-refractivity contribution in [2.45, 2.75) is 12.8 Å². The lowest BCUT2D eigenvalue weighted by molar-refractivity contribution is -0.138. The number of nitrogens with zero attached hydrogens (tertiary/aromatic N) is 1. The van der Waals surface area contributed by atoms with Crippen LogP contribution < -0.4 is 4.74 Å². The number of methoxy groups -OCH3 is 1. The number of Topliss-reactive ketones (excluding diaryl/α,β-unsaturated/α-hetero) is 1. The molecule has 0 aliphatic carbocycles. The molecule has 3 rings (SSSR count). The van der Waals surface area contributed by atoms with Gasteiger partial charge in [0.05, 0.1) is 13.7 Å². The predicted molar refractivity (Wildman–Crippen MR) is 91.6 cm³/mol. The largest absolute Gasteiger partial charge is 0.497 e. The third-order valence-electron chi connectivity index (χ3n) is 4.57. The van der Waals surface area contributed by atoms with Crippen molar-refractivity contribution in [1.29, 1.82) is 0 Å². The first-order chi connectivity index (χ1) is 11.6. The highest BCUT2D eigenvalue weighted by atomic mass is 16.5. The first kappa shape index (κ1) is 16.5. The Morgan fingerprint density at radius 3 is 2.71 bits per heavy atom. The monoisotopic (exact) mass is 327 g/mol. The van der Waals surface area contributed by atoms with Crippen LogP contribution >= 0.6 is 0 Å². The Kier molecular flexibility index (Phi) is 4.81. The third kappa shape index (κ3) is 3.57. The topological polar surface area (TPSA) is 66.8 Å². The van der Waals surface area contributed by atoms with E-state index < -0.39 is 5.97 Å². The molecular weight excluding hydrogens is 306 g/mol. The third-order valence-corrected chi connectivity index (χ3v) is 4.57. The van der Waals surface area contributed by atoms with Crippen molar-refractivity contribution < 1.29 is 19.4 Å². The Morgan fingerprint density at radius 1 is 1.21 bits per heavy atom. The van der Waals surface area contributed by atoms with Crippen LogP contribution in [-0.4, -0.2) is 48.5 Å². The standard InChI is InChI=1S/C19H21NO4/c1-24-17-7-6-13-9-15(5-4-14(13)10-17)19(23)16-3-2-8-20(11-16)12-18(21)22/h4-7,9-10,16H,2-3,8,11-12H2,1H3,(H,21,22)/t16-/m1/s1. The van der Waals surface area contributed by atoms with Crippen LogP contribution in [0.1, 0.15) is 23.2 Å². The molecule has 1 atom stereocenters. The van der Waals surface area contributed by atoms with E-state index in [0.717, 1.165) is 35.9 Å². The number of fused-ring (bicyclic) bond motifs is 1. The van der Waals surface area contributed by atoms with Crippen LogP contribution in [0.25, 0.3) is 10.8 Å². The quantitative estimate of drug-likeness (QED) is 0.855. The van der Waals surface area contributed by atoms with Crippen LogP contribution in [0.3, 0.4) is 0 Å². The molecule has 0 amide bonds. The first-order valence-electron chi connectivity index (χ1n) is 8.13. The number of aliphatic carboxylic acids is 1. The SMILES string of the molecule is COc1ccc2cc(C(=O)[C@@H]3CCCN(CC(=O)O)C3)ccc2c1. The molecule has 1 aliphatic heterocycles. The summed E-state index contributed by atoms with van der Waals surface area (Å²) in [6.45, 7) is 1.26. The summed E-state index contributed by atoms with van der Waals surface area (Å²) >= 11 is 0. The van der Waals surface area contributed by atoms with Gasteiger partial charge in [-0.2, -0.15) is 0 Å². The van der Waals surface area contributed by atoms with Crippen LogP contribution in [-0.2, 0) is 4.79 Å². The normalized spacial score (nSPS) is 18.5. The molecule has 126 valence electrons. The second kappa shape index (κ2) is 7.01. The number of piperidine rings is 1. The van der Waals surface area contributed by atoms with E-state index in [4.69, 9.17) is 9.84 Å². The summed E-state index contributed by atoms with van der Waals surface area (Å²) < 4.78 is 5.22. The maximum atomic E-state index is 12.8. The van der Waals surface area contributed by atoms with Crippen molar-refractivity contribution in [3.8, 4) is 5.75 Å². The van der Waals surface area contributed by atoms with Crippen molar-refractivity contribution in [1.82, 2.24) is 4.90 Å². The zero-order valence-corrected chi connectivity index (χ0v) is 13.7. The van der Waals surface area contributed by atoms with E-state index in [9.17, 15) is 9.59 Å². The van der Waals surface area contributed by atoms with Gasteiger partial charge in [0.1, 0.15) is 5.75 Å². The second-order valence-corrected chi connectivity index (χ2v) is 6.26. The van der Waals surface area contributed by atoms with E-state index in [1.807, 2.05) is 41.3 Å². The number of ketones is 1. The highest BCUT2D eigenvalue weighted by Crippen LogP contribution is 2.25. The van der Waals surface area contributed by atoms with Gasteiger partial charge in [0.2, 0.25) is 0 Å². The lowest BCUT2D eigenvalue weighted by atomic mass is 9.89. The Labute approximate surface area is 140 Å².